The highest BCUT2D eigenvalue weighted by Gasteiger charge is 2.40. The van der Waals surface area contributed by atoms with Crippen LogP contribution in [-0.2, 0) is 5.41 Å². The minimum absolute atomic E-state index is 0.240. The summed E-state index contributed by atoms with van der Waals surface area (Å²) in [5.74, 6) is 0. The van der Waals surface area contributed by atoms with Crippen molar-refractivity contribution in [3.05, 3.63) is 169 Å². The van der Waals surface area contributed by atoms with Gasteiger partial charge in [-0.05, 0) is 89.3 Å². The average Bonchev–Trinajstić information content (AvgIpc) is 3.65. The van der Waals surface area contributed by atoms with E-state index in [0.29, 0.717) is 0 Å². The van der Waals surface area contributed by atoms with Crippen molar-refractivity contribution in [2.75, 3.05) is 0 Å². The number of benzene rings is 9. The Morgan fingerprint density at radius 1 is 0.380 bits per heavy atom. The molecule has 1 heterocycles. The summed E-state index contributed by atoms with van der Waals surface area (Å²) in [6, 6.07) is 58.0. The molecule has 0 atom stereocenters. The van der Waals surface area contributed by atoms with Gasteiger partial charge in [-0.3, -0.25) is 0 Å². The van der Waals surface area contributed by atoms with Gasteiger partial charge in [0.15, 0.2) is 0 Å². The number of hydrogen-bond acceptors (Lipinski definition) is 1. The fourth-order valence-electron chi connectivity index (χ4n) is 9.19. The van der Waals surface area contributed by atoms with Crippen LogP contribution in [0.2, 0.25) is 0 Å². The first kappa shape index (κ1) is 27.7. The zero-order valence-electron chi connectivity index (χ0n) is 27.9. The van der Waals surface area contributed by atoms with Gasteiger partial charge < -0.3 is 4.42 Å². The Morgan fingerprint density at radius 3 is 1.70 bits per heavy atom. The predicted molar refractivity (Wildman–Crippen MR) is 212 cm³/mol. The van der Waals surface area contributed by atoms with E-state index in [9.17, 15) is 0 Å². The van der Waals surface area contributed by atoms with Crippen molar-refractivity contribution in [1.29, 1.82) is 0 Å². The highest BCUT2D eigenvalue weighted by molar-refractivity contribution is 6.27. The molecule has 50 heavy (non-hydrogen) atoms. The molecule has 234 valence electrons. The molecule has 1 heteroatoms. The first-order chi connectivity index (χ1) is 24.6. The molecular weight excluding hydrogens is 605 g/mol. The molecule has 11 rings (SSSR count). The largest absolute Gasteiger partial charge is 0.455 e. The first-order valence-corrected chi connectivity index (χ1v) is 17.5. The van der Waals surface area contributed by atoms with Crippen LogP contribution in [0.4, 0.5) is 0 Å². The van der Waals surface area contributed by atoms with Crippen LogP contribution in [-0.4, -0.2) is 0 Å². The minimum atomic E-state index is -0.240. The Morgan fingerprint density at radius 2 is 0.960 bits per heavy atom. The number of fused-ring (bicyclic) bond motifs is 11. The summed E-state index contributed by atoms with van der Waals surface area (Å²) in [6.07, 6.45) is 0. The second kappa shape index (κ2) is 9.94. The van der Waals surface area contributed by atoms with Crippen molar-refractivity contribution in [3.63, 3.8) is 0 Å². The van der Waals surface area contributed by atoms with Crippen molar-refractivity contribution in [1.82, 2.24) is 0 Å². The van der Waals surface area contributed by atoms with Crippen LogP contribution in [0.15, 0.2) is 162 Å². The van der Waals surface area contributed by atoms with Crippen LogP contribution in [0.3, 0.4) is 0 Å². The summed E-state index contributed by atoms with van der Waals surface area (Å²) in [4.78, 5) is 0. The molecule has 0 bridgehead atoms. The van der Waals surface area contributed by atoms with Crippen LogP contribution < -0.4 is 0 Å². The molecule has 0 amide bonds. The minimum Gasteiger partial charge on any atom is -0.455 e. The van der Waals surface area contributed by atoms with Crippen molar-refractivity contribution < 1.29 is 4.42 Å². The van der Waals surface area contributed by atoms with E-state index in [1.165, 1.54) is 87.6 Å². The van der Waals surface area contributed by atoms with Gasteiger partial charge in [-0.15, -0.1) is 0 Å². The Kier molecular flexibility index (Phi) is 5.51. The molecule has 0 radical (unpaired) electrons. The molecule has 1 nitrogen and oxygen atoms in total. The van der Waals surface area contributed by atoms with Gasteiger partial charge in [0.1, 0.15) is 11.2 Å². The maximum Gasteiger partial charge on any atom is 0.143 e. The molecule has 0 saturated carbocycles. The van der Waals surface area contributed by atoms with E-state index in [1.807, 2.05) is 0 Å². The van der Waals surface area contributed by atoms with Gasteiger partial charge in [-0.25, -0.2) is 0 Å². The monoisotopic (exact) mass is 636 g/mol. The molecule has 9 aromatic carbocycles. The van der Waals surface area contributed by atoms with E-state index in [4.69, 9.17) is 4.42 Å². The van der Waals surface area contributed by atoms with E-state index in [1.54, 1.807) is 0 Å². The molecule has 1 aliphatic rings. The number of rotatable bonds is 2. The Hall–Kier alpha value is -6.18. The lowest BCUT2D eigenvalue weighted by Crippen LogP contribution is -2.16. The summed E-state index contributed by atoms with van der Waals surface area (Å²) in [7, 11) is 0. The molecule has 0 saturated heterocycles. The highest BCUT2D eigenvalue weighted by Crippen LogP contribution is 2.58. The number of furan rings is 1. The van der Waals surface area contributed by atoms with Crippen molar-refractivity contribution in [2.45, 2.75) is 19.3 Å². The molecule has 0 unspecified atom stereocenters. The third-order valence-electron chi connectivity index (χ3n) is 11.4. The summed E-state index contributed by atoms with van der Waals surface area (Å²) >= 11 is 0. The van der Waals surface area contributed by atoms with E-state index < -0.39 is 0 Å². The van der Waals surface area contributed by atoms with Gasteiger partial charge in [0.25, 0.3) is 0 Å². The summed E-state index contributed by atoms with van der Waals surface area (Å²) in [5, 5.41) is 12.1. The smallest absolute Gasteiger partial charge is 0.143 e. The van der Waals surface area contributed by atoms with Crippen LogP contribution in [0.5, 0.6) is 0 Å². The predicted octanol–water partition coefficient (Wildman–Crippen LogP) is 13.8. The van der Waals surface area contributed by atoms with Gasteiger partial charge >= 0.3 is 0 Å². The Balaban J connectivity index is 1.36. The number of hydrogen-bond donors (Lipinski definition) is 0. The summed E-state index contributed by atoms with van der Waals surface area (Å²) in [5.41, 5.74) is 11.9. The van der Waals surface area contributed by atoms with E-state index in [-0.39, 0.29) is 5.41 Å². The quantitative estimate of drug-likeness (QED) is 0.172. The van der Waals surface area contributed by atoms with Crippen LogP contribution in [0, 0.1) is 0 Å². The normalized spacial score (nSPS) is 13.6. The van der Waals surface area contributed by atoms with Gasteiger partial charge in [-0.2, -0.15) is 0 Å². The van der Waals surface area contributed by atoms with Crippen molar-refractivity contribution >= 4 is 65.0 Å². The summed E-state index contributed by atoms with van der Waals surface area (Å²) in [6.45, 7) is 4.78. The molecule has 0 spiro atoms. The fourth-order valence-corrected chi connectivity index (χ4v) is 9.19. The van der Waals surface area contributed by atoms with Crippen molar-refractivity contribution in [2.24, 2.45) is 0 Å². The lowest BCUT2D eigenvalue weighted by molar-refractivity contribution is 0.651. The first-order valence-electron chi connectivity index (χ1n) is 17.5. The van der Waals surface area contributed by atoms with Gasteiger partial charge in [0.2, 0.25) is 0 Å². The summed E-state index contributed by atoms with van der Waals surface area (Å²) < 4.78 is 7.23. The molecule has 0 fully saturated rings. The van der Waals surface area contributed by atoms with E-state index in [0.717, 1.165) is 21.9 Å². The fraction of sp³-hybridized carbons (Fsp3) is 0.0612. The molecule has 0 N–H and O–H groups in total. The molecule has 1 aromatic heterocycles. The second-order valence-electron chi connectivity index (χ2n) is 14.4. The molecule has 10 aromatic rings. The lowest BCUT2D eigenvalue weighted by Gasteiger charge is -2.26. The molecule has 0 aliphatic heterocycles. The Labute approximate surface area is 290 Å². The zero-order valence-corrected chi connectivity index (χ0v) is 27.9. The second-order valence-corrected chi connectivity index (χ2v) is 14.4. The Bertz CT molecular complexity index is 3010. The topological polar surface area (TPSA) is 13.1 Å². The van der Waals surface area contributed by atoms with E-state index in [2.05, 4.69) is 172 Å². The van der Waals surface area contributed by atoms with E-state index >= 15 is 0 Å². The van der Waals surface area contributed by atoms with Crippen molar-refractivity contribution in [3.8, 4) is 33.4 Å². The molecule has 1 aliphatic carbocycles. The van der Waals surface area contributed by atoms with Gasteiger partial charge in [0.05, 0.1) is 0 Å². The van der Waals surface area contributed by atoms with Gasteiger partial charge in [-0.1, -0.05) is 153 Å². The van der Waals surface area contributed by atoms with Crippen LogP contribution in [0.1, 0.15) is 25.0 Å². The maximum atomic E-state index is 7.23. The van der Waals surface area contributed by atoms with Crippen LogP contribution in [0.25, 0.3) is 98.4 Å². The lowest BCUT2D eigenvalue weighted by atomic mass is 9.76. The third kappa shape index (κ3) is 3.62. The zero-order chi connectivity index (χ0) is 33.1. The third-order valence-corrected chi connectivity index (χ3v) is 11.4. The maximum absolute atomic E-state index is 7.23. The highest BCUT2D eigenvalue weighted by atomic mass is 16.3. The average molecular weight is 637 g/mol. The van der Waals surface area contributed by atoms with Crippen LogP contribution >= 0.6 is 0 Å². The molecular formula is C49H32O. The van der Waals surface area contributed by atoms with Gasteiger partial charge in [0, 0.05) is 32.7 Å². The standard InChI is InChI=1S/C49H32O/c1-49(2)42-22-12-11-17-34(42)40-28-41-39-26-25-30-14-5-6-16-33(30)47(39)50-48(41)45(46(40)49)44-37-20-9-7-18-35(37)43(36-19-8-10-21-38(36)44)32-24-23-29-13-3-4-15-31(29)27-32/h3-28H,1-2H3. The SMILES string of the molecule is CC1(C)c2ccccc2-c2cc3c(oc4c5ccccc5ccc34)c(-c3c4ccccc4c(-c4ccc5ccccc5c4)c4ccccc34)c21.